The van der Waals surface area contributed by atoms with Crippen molar-refractivity contribution in [3.05, 3.63) is 231 Å². The molecular formula is C58H38N2O. The van der Waals surface area contributed by atoms with Crippen molar-refractivity contribution in [3.63, 3.8) is 0 Å². The Balaban J connectivity index is 1.17. The fourth-order valence-corrected chi connectivity index (χ4v) is 9.39. The Bertz CT molecular complexity index is 3470. The molecule has 0 saturated heterocycles. The highest BCUT2D eigenvalue weighted by atomic mass is 16.3. The molecule has 0 aliphatic heterocycles. The molecule has 61 heavy (non-hydrogen) atoms. The molecule has 0 amide bonds. The van der Waals surface area contributed by atoms with Gasteiger partial charge in [-0.25, -0.2) is 0 Å². The summed E-state index contributed by atoms with van der Waals surface area (Å²) in [7, 11) is 0. The van der Waals surface area contributed by atoms with E-state index in [2.05, 4.69) is 240 Å². The Hall–Kier alpha value is -8.14. The number of hydrogen-bond donors (Lipinski definition) is 0. The lowest BCUT2D eigenvalue weighted by atomic mass is 9.94. The van der Waals surface area contributed by atoms with Gasteiger partial charge in [0.1, 0.15) is 11.2 Å². The monoisotopic (exact) mass is 778 g/mol. The van der Waals surface area contributed by atoms with Crippen LogP contribution in [0.3, 0.4) is 0 Å². The van der Waals surface area contributed by atoms with E-state index in [-0.39, 0.29) is 0 Å². The van der Waals surface area contributed by atoms with E-state index in [1.807, 2.05) is 0 Å². The second kappa shape index (κ2) is 14.3. The van der Waals surface area contributed by atoms with Crippen molar-refractivity contribution in [2.24, 2.45) is 0 Å². The molecule has 0 unspecified atom stereocenters. The van der Waals surface area contributed by atoms with Crippen LogP contribution in [0.1, 0.15) is 0 Å². The maximum atomic E-state index is 6.99. The van der Waals surface area contributed by atoms with E-state index in [4.69, 9.17) is 4.42 Å². The molecule has 3 heteroatoms. The number of para-hydroxylation sites is 3. The van der Waals surface area contributed by atoms with E-state index in [9.17, 15) is 0 Å². The van der Waals surface area contributed by atoms with E-state index in [1.54, 1.807) is 0 Å². The maximum absolute atomic E-state index is 6.99. The number of nitrogens with zero attached hydrogens (tertiary/aromatic N) is 2. The van der Waals surface area contributed by atoms with Crippen LogP contribution in [0.2, 0.25) is 0 Å². The summed E-state index contributed by atoms with van der Waals surface area (Å²) in [4.78, 5) is 2.37. The quantitative estimate of drug-likeness (QED) is 0.161. The van der Waals surface area contributed by atoms with Crippen molar-refractivity contribution in [1.29, 1.82) is 0 Å². The zero-order valence-electron chi connectivity index (χ0n) is 33.2. The summed E-state index contributed by atoms with van der Waals surface area (Å²) in [5.74, 6) is 0. The number of fused-ring (bicyclic) bond motifs is 8. The van der Waals surface area contributed by atoms with Crippen molar-refractivity contribution < 1.29 is 4.42 Å². The van der Waals surface area contributed by atoms with Crippen molar-refractivity contribution in [3.8, 4) is 39.1 Å². The summed E-state index contributed by atoms with van der Waals surface area (Å²) in [5, 5.41) is 7.01. The molecule has 0 aliphatic carbocycles. The van der Waals surface area contributed by atoms with Gasteiger partial charge < -0.3 is 13.9 Å². The smallest absolute Gasteiger partial charge is 0.138 e. The maximum Gasteiger partial charge on any atom is 0.138 e. The van der Waals surface area contributed by atoms with Crippen LogP contribution >= 0.6 is 0 Å². The van der Waals surface area contributed by atoms with Crippen LogP contribution in [0.4, 0.5) is 17.1 Å². The minimum Gasteiger partial charge on any atom is -0.456 e. The lowest BCUT2D eigenvalue weighted by Crippen LogP contribution is -2.10. The lowest BCUT2D eigenvalue weighted by Gasteiger charge is -2.27. The van der Waals surface area contributed by atoms with E-state index in [0.717, 1.165) is 61.3 Å². The number of hydrogen-bond acceptors (Lipinski definition) is 2. The molecule has 0 atom stereocenters. The van der Waals surface area contributed by atoms with Crippen LogP contribution in [-0.2, 0) is 0 Å². The minimum absolute atomic E-state index is 0.838. The van der Waals surface area contributed by atoms with Gasteiger partial charge in [-0.3, -0.25) is 0 Å². The summed E-state index contributed by atoms with van der Waals surface area (Å²) >= 11 is 0. The van der Waals surface area contributed by atoms with Crippen molar-refractivity contribution >= 4 is 71.6 Å². The summed E-state index contributed by atoms with van der Waals surface area (Å²) in [6.45, 7) is 0. The van der Waals surface area contributed by atoms with Gasteiger partial charge >= 0.3 is 0 Å². The van der Waals surface area contributed by atoms with Gasteiger partial charge in [-0.1, -0.05) is 170 Å². The highest BCUT2D eigenvalue weighted by Gasteiger charge is 2.24. The van der Waals surface area contributed by atoms with Crippen LogP contribution in [0, 0.1) is 0 Å². The molecule has 12 rings (SSSR count). The number of anilines is 3. The molecule has 0 saturated carbocycles. The van der Waals surface area contributed by atoms with Gasteiger partial charge in [0.25, 0.3) is 0 Å². The Morgan fingerprint density at radius 3 is 1.57 bits per heavy atom. The van der Waals surface area contributed by atoms with Gasteiger partial charge in [-0.05, 0) is 93.2 Å². The normalized spacial score (nSPS) is 11.6. The van der Waals surface area contributed by atoms with Gasteiger partial charge in [-0.2, -0.15) is 0 Å². The third kappa shape index (κ3) is 5.82. The summed E-state index contributed by atoms with van der Waals surface area (Å²) < 4.78 is 9.42. The topological polar surface area (TPSA) is 21.3 Å². The molecular weight excluding hydrogens is 741 g/mol. The van der Waals surface area contributed by atoms with Crippen molar-refractivity contribution in [1.82, 2.24) is 4.57 Å². The van der Waals surface area contributed by atoms with Gasteiger partial charge in [0.2, 0.25) is 0 Å². The van der Waals surface area contributed by atoms with Crippen LogP contribution in [0.15, 0.2) is 235 Å². The molecule has 0 aliphatic rings. The summed E-state index contributed by atoms with van der Waals surface area (Å²) in [6, 6.07) is 82.8. The predicted octanol–water partition coefficient (Wildman–Crippen LogP) is 16.3. The van der Waals surface area contributed by atoms with Crippen LogP contribution in [0.5, 0.6) is 0 Å². The molecule has 0 bridgehead atoms. The molecule has 0 radical (unpaired) electrons. The highest BCUT2D eigenvalue weighted by molar-refractivity contribution is 6.25. The molecule has 3 nitrogen and oxygen atoms in total. The first-order chi connectivity index (χ1) is 30.3. The predicted molar refractivity (Wildman–Crippen MR) is 257 cm³/mol. The first-order valence-electron chi connectivity index (χ1n) is 20.8. The average Bonchev–Trinajstić information content (AvgIpc) is 3.89. The number of rotatable bonds is 7. The largest absolute Gasteiger partial charge is 0.456 e. The van der Waals surface area contributed by atoms with E-state index in [0.29, 0.717) is 0 Å². The standard InChI is InChI=1S/C58H38N2O/c1-4-15-39(16-5-1)41-27-32-45(33-28-41)59(46-34-29-42(30-35-46)40-17-6-2-7-18-40)47-37-52(57-55(38-47)61-54-36-31-43-19-10-11-22-48(43)56(54)57)51-25-14-24-50-49-23-12-13-26-53(49)60(58(50)51)44-20-8-3-9-21-44/h1-38H. The van der Waals surface area contributed by atoms with Crippen LogP contribution in [-0.4, -0.2) is 4.57 Å². The molecule has 0 fully saturated rings. The summed E-state index contributed by atoms with van der Waals surface area (Å²) in [6.07, 6.45) is 0. The number of aromatic nitrogens is 1. The van der Waals surface area contributed by atoms with Crippen molar-refractivity contribution in [2.45, 2.75) is 0 Å². The minimum atomic E-state index is 0.838. The average molecular weight is 779 g/mol. The first-order valence-corrected chi connectivity index (χ1v) is 20.8. The molecule has 12 aromatic rings. The van der Waals surface area contributed by atoms with E-state index < -0.39 is 0 Å². The molecule has 0 N–H and O–H groups in total. The Morgan fingerprint density at radius 1 is 0.344 bits per heavy atom. The van der Waals surface area contributed by atoms with Gasteiger partial charge in [0.05, 0.1) is 16.7 Å². The number of benzene rings is 10. The van der Waals surface area contributed by atoms with E-state index >= 15 is 0 Å². The Morgan fingerprint density at radius 2 is 0.902 bits per heavy atom. The van der Waals surface area contributed by atoms with Crippen molar-refractivity contribution in [2.75, 3.05) is 4.90 Å². The SMILES string of the molecule is c1ccc(-c2ccc(N(c3ccc(-c4ccccc4)cc3)c3cc(-c4cccc5c6ccccc6n(-c6ccccc6)c45)c4c(c3)oc3ccc5ccccc5c34)cc2)cc1. The second-order valence-electron chi connectivity index (χ2n) is 15.7. The Kier molecular flexibility index (Phi) is 8.17. The molecule has 2 heterocycles. The van der Waals surface area contributed by atoms with E-state index in [1.165, 1.54) is 49.3 Å². The van der Waals surface area contributed by atoms with Gasteiger partial charge in [-0.15, -0.1) is 0 Å². The van der Waals surface area contributed by atoms with Gasteiger partial charge in [0, 0.05) is 50.2 Å². The zero-order valence-corrected chi connectivity index (χ0v) is 33.2. The fraction of sp³-hybridized carbons (Fsp3) is 0. The molecule has 0 spiro atoms. The third-order valence-electron chi connectivity index (χ3n) is 12.2. The Labute approximate surface area is 353 Å². The first kappa shape index (κ1) is 34.9. The molecule has 2 aromatic heterocycles. The molecule has 10 aromatic carbocycles. The van der Waals surface area contributed by atoms with Crippen LogP contribution in [0.25, 0.3) is 93.6 Å². The summed E-state index contributed by atoms with van der Waals surface area (Å²) in [5.41, 5.74) is 15.2. The van der Waals surface area contributed by atoms with Gasteiger partial charge in [0.15, 0.2) is 0 Å². The fourth-order valence-electron chi connectivity index (χ4n) is 9.39. The molecule has 286 valence electrons. The second-order valence-corrected chi connectivity index (χ2v) is 15.7. The zero-order chi connectivity index (χ0) is 40.3. The number of furan rings is 1. The third-order valence-corrected chi connectivity index (χ3v) is 12.2. The van der Waals surface area contributed by atoms with Crippen LogP contribution < -0.4 is 4.90 Å². The lowest BCUT2D eigenvalue weighted by molar-refractivity contribution is 0.669. The highest BCUT2D eigenvalue weighted by Crippen LogP contribution is 2.48.